The number of hydrogen-bond donors (Lipinski definition) is 2. The second kappa shape index (κ2) is 10.2. The van der Waals surface area contributed by atoms with Crippen LogP contribution >= 0.6 is 0 Å². The molecule has 188 valence electrons. The summed E-state index contributed by atoms with van der Waals surface area (Å²) in [6.07, 6.45) is 2.18. The Morgan fingerprint density at radius 1 is 1.34 bits per heavy atom. The summed E-state index contributed by atoms with van der Waals surface area (Å²) in [5.74, 6) is 0.238. The number of rotatable bonds is 6. The minimum absolute atomic E-state index is 0.00731. The average molecular weight is 485 g/mol. The van der Waals surface area contributed by atoms with Crippen LogP contribution in [0.2, 0.25) is 0 Å². The van der Waals surface area contributed by atoms with Crippen molar-refractivity contribution in [3.63, 3.8) is 0 Å². The Kier molecular flexibility index (Phi) is 7.26. The number of methoxy groups -OCH3 is 1. The van der Waals surface area contributed by atoms with Crippen LogP contribution in [-0.2, 0) is 4.74 Å². The lowest BCUT2D eigenvalue weighted by atomic mass is 9.71. The van der Waals surface area contributed by atoms with Crippen molar-refractivity contribution in [3.8, 4) is 6.07 Å². The van der Waals surface area contributed by atoms with E-state index in [9.17, 15) is 19.2 Å². The van der Waals surface area contributed by atoms with Gasteiger partial charge in [0.15, 0.2) is 5.82 Å². The van der Waals surface area contributed by atoms with Gasteiger partial charge in [-0.1, -0.05) is 6.92 Å². The number of alkyl carbamates (subject to hydrolysis) is 1. The van der Waals surface area contributed by atoms with E-state index in [1.807, 2.05) is 13.0 Å². The van der Waals surface area contributed by atoms with E-state index in [1.165, 1.54) is 7.11 Å². The molecule has 1 aliphatic carbocycles. The van der Waals surface area contributed by atoms with Gasteiger partial charge in [-0.25, -0.2) is 14.2 Å². The Morgan fingerprint density at radius 3 is 2.71 bits per heavy atom. The molecule has 2 fully saturated rings. The SMILES string of the molecule is COC(=O)NC1CCC(C)(C(=O)c2nc3cc(C#N)c(N4CCN(CCF)C[C@@H]4C)cc3[nH]2)CC1. The van der Waals surface area contributed by atoms with Crippen molar-refractivity contribution in [1.82, 2.24) is 20.2 Å². The van der Waals surface area contributed by atoms with Crippen LogP contribution in [0, 0.1) is 16.7 Å². The zero-order valence-electron chi connectivity index (χ0n) is 20.6. The summed E-state index contributed by atoms with van der Waals surface area (Å²) >= 11 is 0. The largest absolute Gasteiger partial charge is 0.453 e. The third kappa shape index (κ3) is 5.10. The number of aromatic nitrogens is 2. The average Bonchev–Trinajstić information content (AvgIpc) is 3.27. The number of Topliss-reactive ketones (excluding diaryl/α,β-unsaturated/α-hetero) is 1. The van der Waals surface area contributed by atoms with Crippen molar-refractivity contribution >= 4 is 28.6 Å². The maximum absolute atomic E-state index is 13.4. The summed E-state index contributed by atoms with van der Waals surface area (Å²) < 4.78 is 17.4. The van der Waals surface area contributed by atoms with Crippen molar-refractivity contribution in [2.75, 3.05) is 44.9 Å². The van der Waals surface area contributed by atoms with Crippen LogP contribution in [0.25, 0.3) is 11.0 Å². The summed E-state index contributed by atoms with van der Waals surface area (Å²) in [4.78, 5) is 37.0. The van der Waals surface area contributed by atoms with Gasteiger partial charge >= 0.3 is 6.09 Å². The lowest BCUT2D eigenvalue weighted by Gasteiger charge is -2.41. The van der Waals surface area contributed by atoms with Crippen molar-refractivity contribution in [2.45, 2.75) is 51.6 Å². The van der Waals surface area contributed by atoms with Gasteiger partial charge in [0.2, 0.25) is 5.78 Å². The molecule has 0 spiro atoms. The number of nitrogens with one attached hydrogen (secondary N) is 2. The number of alkyl halides is 1. The molecule has 2 N–H and O–H groups in total. The highest BCUT2D eigenvalue weighted by atomic mass is 19.1. The highest BCUT2D eigenvalue weighted by molar-refractivity contribution is 6.00. The molecule has 1 atom stereocenters. The van der Waals surface area contributed by atoms with Crippen molar-refractivity contribution in [1.29, 1.82) is 5.26 Å². The third-order valence-corrected chi connectivity index (χ3v) is 7.50. The van der Waals surface area contributed by atoms with Gasteiger partial charge in [0.1, 0.15) is 12.7 Å². The normalized spacial score (nSPS) is 25.3. The molecule has 2 aromatic rings. The van der Waals surface area contributed by atoms with Crippen LogP contribution in [-0.4, -0.2) is 78.8 Å². The Morgan fingerprint density at radius 2 is 2.09 bits per heavy atom. The molecule has 1 aliphatic heterocycles. The molecule has 4 rings (SSSR count). The Balaban J connectivity index is 1.54. The van der Waals surface area contributed by atoms with E-state index in [2.05, 4.69) is 42.8 Å². The molecule has 2 heterocycles. The second-order valence-corrected chi connectivity index (χ2v) is 9.92. The van der Waals surface area contributed by atoms with Crippen LogP contribution in [0.1, 0.15) is 55.7 Å². The number of carbonyl (C=O) groups excluding carboxylic acids is 2. The molecule has 1 aromatic heterocycles. The fourth-order valence-electron chi connectivity index (χ4n) is 5.33. The Bertz CT molecular complexity index is 1130. The van der Waals surface area contributed by atoms with Gasteiger partial charge in [0, 0.05) is 43.7 Å². The number of imidazole rings is 1. The molecule has 1 amide bonds. The number of hydrogen-bond acceptors (Lipinski definition) is 7. The van der Waals surface area contributed by atoms with Crippen molar-refractivity contribution in [3.05, 3.63) is 23.5 Å². The second-order valence-electron chi connectivity index (χ2n) is 9.92. The number of nitriles is 1. The smallest absolute Gasteiger partial charge is 0.407 e. The summed E-state index contributed by atoms with van der Waals surface area (Å²) in [5.41, 5.74) is 2.03. The summed E-state index contributed by atoms with van der Waals surface area (Å²) in [6, 6.07) is 6.03. The molecular weight excluding hydrogens is 451 g/mol. The first-order chi connectivity index (χ1) is 16.8. The van der Waals surface area contributed by atoms with E-state index in [1.54, 1.807) is 6.07 Å². The first kappa shape index (κ1) is 24.9. The number of halogens is 1. The number of ether oxygens (including phenoxy) is 1. The summed E-state index contributed by atoms with van der Waals surface area (Å²) in [6.45, 7) is 6.23. The number of carbonyl (C=O) groups is 2. The van der Waals surface area contributed by atoms with E-state index in [0.717, 1.165) is 18.8 Å². The molecule has 35 heavy (non-hydrogen) atoms. The number of benzene rings is 1. The van der Waals surface area contributed by atoms with Gasteiger partial charge in [0.25, 0.3) is 0 Å². The maximum atomic E-state index is 13.4. The Labute approximate surface area is 204 Å². The number of aromatic amines is 1. The lowest BCUT2D eigenvalue weighted by molar-refractivity contribution is 0.0715. The molecule has 1 aromatic carbocycles. The maximum Gasteiger partial charge on any atom is 0.407 e. The van der Waals surface area contributed by atoms with Gasteiger partial charge in [-0.2, -0.15) is 5.26 Å². The molecular formula is C25H33FN6O3. The summed E-state index contributed by atoms with van der Waals surface area (Å²) in [5, 5.41) is 12.6. The van der Waals surface area contributed by atoms with E-state index >= 15 is 0 Å². The number of nitrogens with zero attached hydrogens (tertiary/aromatic N) is 4. The molecule has 1 saturated heterocycles. The zero-order chi connectivity index (χ0) is 25.2. The molecule has 9 nitrogen and oxygen atoms in total. The van der Waals surface area contributed by atoms with Gasteiger partial charge in [-0.3, -0.25) is 9.69 Å². The standard InChI is InChI=1S/C25H33FN6O3/c1-16-15-31(9-8-26)10-11-32(16)21-13-20-19(12-17(21)14-27)29-23(30-20)22(33)25(2)6-4-18(5-7-25)28-24(34)35-3/h12-13,16,18H,4-11,15H2,1-3H3,(H,28,34)(H,29,30)/t16-,18?,25?/m0/s1. The molecule has 0 unspecified atom stereocenters. The number of piperazine rings is 1. The van der Waals surface area contributed by atoms with Crippen molar-refractivity contribution < 1.29 is 18.7 Å². The van der Waals surface area contributed by atoms with Gasteiger partial charge < -0.3 is 19.9 Å². The van der Waals surface area contributed by atoms with Crippen LogP contribution in [0.4, 0.5) is 14.9 Å². The first-order valence-electron chi connectivity index (χ1n) is 12.2. The highest BCUT2D eigenvalue weighted by Crippen LogP contribution is 2.39. The lowest BCUT2D eigenvalue weighted by Crippen LogP contribution is -2.52. The number of amides is 1. The molecule has 2 aliphatic rings. The minimum Gasteiger partial charge on any atom is -0.453 e. The van der Waals surface area contributed by atoms with Crippen LogP contribution in [0.3, 0.4) is 0 Å². The summed E-state index contributed by atoms with van der Waals surface area (Å²) in [7, 11) is 1.34. The fourth-order valence-corrected chi connectivity index (χ4v) is 5.33. The predicted octanol–water partition coefficient (Wildman–Crippen LogP) is 3.40. The molecule has 10 heteroatoms. The first-order valence-corrected chi connectivity index (χ1v) is 12.2. The van der Waals surface area contributed by atoms with Gasteiger partial charge in [-0.15, -0.1) is 0 Å². The van der Waals surface area contributed by atoms with E-state index in [4.69, 9.17) is 0 Å². The molecule has 1 saturated carbocycles. The topological polar surface area (TPSA) is 114 Å². The van der Waals surface area contributed by atoms with Crippen molar-refractivity contribution in [2.24, 2.45) is 5.41 Å². The molecule has 0 radical (unpaired) electrons. The number of anilines is 1. The Hall–Kier alpha value is -3.19. The van der Waals surface area contributed by atoms with E-state index in [-0.39, 0.29) is 24.5 Å². The van der Waals surface area contributed by atoms with Crippen LogP contribution in [0.15, 0.2) is 12.1 Å². The van der Waals surface area contributed by atoms with E-state index < -0.39 is 11.5 Å². The quantitative estimate of drug-likeness (QED) is 0.604. The van der Waals surface area contributed by atoms with Gasteiger partial charge in [0.05, 0.1) is 29.4 Å². The monoisotopic (exact) mass is 484 g/mol. The van der Waals surface area contributed by atoms with Gasteiger partial charge in [-0.05, 0) is 44.7 Å². The highest BCUT2D eigenvalue weighted by Gasteiger charge is 2.40. The number of fused-ring (bicyclic) bond motifs is 1. The number of ketones is 1. The third-order valence-electron chi connectivity index (χ3n) is 7.50. The van der Waals surface area contributed by atoms with E-state index in [0.29, 0.717) is 61.2 Å². The molecule has 0 bridgehead atoms. The fraction of sp³-hybridized carbons (Fsp3) is 0.600. The zero-order valence-corrected chi connectivity index (χ0v) is 20.6. The van der Waals surface area contributed by atoms with Crippen LogP contribution < -0.4 is 10.2 Å². The van der Waals surface area contributed by atoms with Crippen LogP contribution in [0.5, 0.6) is 0 Å². The minimum atomic E-state index is -0.579. The number of H-pyrrole nitrogens is 1. The predicted molar refractivity (Wildman–Crippen MR) is 130 cm³/mol.